The molecular weight excluding hydrogens is 309 g/mol. The molecule has 0 bridgehead atoms. The molecule has 0 radical (unpaired) electrons. The van der Waals surface area contributed by atoms with Gasteiger partial charge in [0.05, 0.1) is 6.54 Å². The van der Waals surface area contributed by atoms with E-state index in [2.05, 4.69) is 20.2 Å². The highest BCUT2D eigenvalue weighted by Gasteiger charge is 2.29. The molecule has 0 aliphatic heterocycles. The fourth-order valence-electron chi connectivity index (χ4n) is 1.37. The van der Waals surface area contributed by atoms with Gasteiger partial charge in [0.2, 0.25) is 11.8 Å². The summed E-state index contributed by atoms with van der Waals surface area (Å²) in [7, 11) is 1.50. The van der Waals surface area contributed by atoms with Gasteiger partial charge in [-0.25, -0.2) is 4.79 Å². The third-order valence-electron chi connectivity index (χ3n) is 2.35. The van der Waals surface area contributed by atoms with Crippen LogP contribution >= 0.6 is 0 Å². The third kappa shape index (κ3) is 6.90. The van der Waals surface area contributed by atoms with E-state index in [0.717, 1.165) is 0 Å². The first-order valence-corrected chi connectivity index (χ1v) is 6.18. The number of rotatable bonds is 6. The molecule has 0 atom stereocenters. The Hall–Kier alpha value is -2.33. The number of alkyl carbamates (subject to hydrolysis) is 1. The molecule has 1 aromatic rings. The summed E-state index contributed by atoms with van der Waals surface area (Å²) in [6, 6.07) is 0. The SMILES string of the molecule is Cc1nc(CN(C)C(=O)CCNC(=O)OCC(F)(F)F)no1. The van der Waals surface area contributed by atoms with Crippen molar-refractivity contribution < 1.29 is 32.0 Å². The number of aromatic nitrogens is 2. The predicted molar refractivity (Wildman–Crippen MR) is 65.5 cm³/mol. The number of alkyl halides is 3. The van der Waals surface area contributed by atoms with E-state index in [1.807, 2.05) is 0 Å². The van der Waals surface area contributed by atoms with Gasteiger partial charge in [-0.2, -0.15) is 18.2 Å². The summed E-state index contributed by atoms with van der Waals surface area (Å²) in [5.41, 5.74) is 0. The molecule has 0 saturated carbocycles. The summed E-state index contributed by atoms with van der Waals surface area (Å²) in [5.74, 6) is 0.342. The summed E-state index contributed by atoms with van der Waals surface area (Å²) >= 11 is 0. The van der Waals surface area contributed by atoms with Crippen molar-refractivity contribution in [3.8, 4) is 0 Å². The second-order valence-electron chi connectivity index (χ2n) is 4.35. The molecule has 0 spiro atoms. The minimum atomic E-state index is -4.59. The third-order valence-corrected chi connectivity index (χ3v) is 2.35. The number of carbonyl (C=O) groups is 2. The monoisotopic (exact) mass is 324 g/mol. The van der Waals surface area contributed by atoms with Crippen LogP contribution in [0.25, 0.3) is 0 Å². The molecule has 0 aromatic carbocycles. The van der Waals surface area contributed by atoms with Gasteiger partial charge in [0.1, 0.15) is 0 Å². The van der Waals surface area contributed by atoms with Gasteiger partial charge in [-0.1, -0.05) is 5.16 Å². The molecule has 0 aliphatic carbocycles. The standard InChI is InChI=1S/C11H15F3N4O4/c1-7-16-8(17-22-7)5-18(2)9(19)3-4-15-10(20)21-6-11(12,13)14/h3-6H2,1-2H3,(H,15,20). The molecule has 2 amide bonds. The van der Waals surface area contributed by atoms with Crippen molar-refractivity contribution in [3.63, 3.8) is 0 Å². The summed E-state index contributed by atoms with van der Waals surface area (Å²) in [4.78, 5) is 27.9. The lowest BCUT2D eigenvalue weighted by Gasteiger charge is -2.15. The second kappa shape index (κ2) is 7.61. The van der Waals surface area contributed by atoms with Crippen LogP contribution in [0.4, 0.5) is 18.0 Å². The summed E-state index contributed by atoms with van der Waals surface area (Å²) in [6.45, 7) is -0.0987. The van der Waals surface area contributed by atoms with Gasteiger partial charge in [0.25, 0.3) is 0 Å². The van der Waals surface area contributed by atoms with Crippen LogP contribution in [0.1, 0.15) is 18.1 Å². The lowest BCUT2D eigenvalue weighted by molar-refractivity contribution is -0.160. The molecule has 0 unspecified atom stereocenters. The van der Waals surface area contributed by atoms with Crippen LogP contribution in [0.2, 0.25) is 0 Å². The van der Waals surface area contributed by atoms with Gasteiger partial charge in [-0.3, -0.25) is 4.79 Å². The number of halogens is 3. The van der Waals surface area contributed by atoms with Crippen molar-refractivity contribution in [3.05, 3.63) is 11.7 Å². The molecule has 1 aromatic heterocycles. The Morgan fingerprint density at radius 2 is 2.09 bits per heavy atom. The highest BCUT2D eigenvalue weighted by atomic mass is 19.4. The molecular formula is C11H15F3N4O4. The highest BCUT2D eigenvalue weighted by molar-refractivity contribution is 5.76. The quantitative estimate of drug-likeness (QED) is 0.839. The van der Waals surface area contributed by atoms with Gasteiger partial charge in [-0.15, -0.1) is 0 Å². The van der Waals surface area contributed by atoms with E-state index in [-0.39, 0.29) is 25.4 Å². The van der Waals surface area contributed by atoms with Gasteiger partial charge in [-0.05, 0) is 0 Å². The number of ether oxygens (including phenoxy) is 1. The van der Waals surface area contributed by atoms with Gasteiger partial charge < -0.3 is 19.5 Å². The summed E-state index contributed by atoms with van der Waals surface area (Å²) in [6.07, 6.45) is -5.92. The van der Waals surface area contributed by atoms with E-state index in [1.54, 1.807) is 6.92 Å². The second-order valence-corrected chi connectivity index (χ2v) is 4.35. The maximum absolute atomic E-state index is 11.8. The number of amides is 2. The smallest absolute Gasteiger partial charge is 0.422 e. The maximum Gasteiger partial charge on any atom is 0.422 e. The number of hydrogen-bond donors (Lipinski definition) is 1. The minimum Gasteiger partial charge on any atom is -0.440 e. The van der Waals surface area contributed by atoms with E-state index in [9.17, 15) is 22.8 Å². The normalized spacial score (nSPS) is 11.1. The largest absolute Gasteiger partial charge is 0.440 e. The average Bonchev–Trinajstić information content (AvgIpc) is 2.80. The zero-order chi connectivity index (χ0) is 16.8. The summed E-state index contributed by atoms with van der Waals surface area (Å²) in [5, 5.41) is 5.67. The molecule has 11 heteroatoms. The van der Waals surface area contributed by atoms with E-state index in [4.69, 9.17) is 4.52 Å². The lowest BCUT2D eigenvalue weighted by atomic mass is 10.3. The van der Waals surface area contributed by atoms with Crippen molar-refractivity contribution in [2.45, 2.75) is 26.1 Å². The number of carbonyl (C=O) groups excluding carboxylic acids is 2. The van der Waals surface area contributed by atoms with Gasteiger partial charge in [0, 0.05) is 26.9 Å². The molecule has 0 saturated heterocycles. The van der Waals surface area contributed by atoms with Crippen LogP contribution in [-0.4, -0.2) is 53.4 Å². The Labute approximate surface area is 123 Å². The van der Waals surface area contributed by atoms with Crippen LogP contribution in [0.3, 0.4) is 0 Å². The van der Waals surface area contributed by atoms with Crippen LogP contribution in [0, 0.1) is 6.92 Å². The average molecular weight is 324 g/mol. The molecule has 1 N–H and O–H groups in total. The van der Waals surface area contributed by atoms with E-state index in [0.29, 0.717) is 11.7 Å². The van der Waals surface area contributed by atoms with Crippen molar-refractivity contribution in [2.24, 2.45) is 0 Å². The lowest BCUT2D eigenvalue weighted by Crippen LogP contribution is -2.33. The Balaban J connectivity index is 2.23. The summed E-state index contributed by atoms with van der Waals surface area (Å²) < 4.78 is 44.0. The first-order valence-electron chi connectivity index (χ1n) is 6.18. The van der Waals surface area contributed by atoms with E-state index >= 15 is 0 Å². The predicted octanol–water partition coefficient (Wildman–Crippen LogP) is 1.02. The molecule has 1 heterocycles. The molecule has 22 heavy (non-hydrogen) atoms. The van der Waals surface area contributed by atoms with E-state index < -0.39 is 18.9 Å². The zero-order valence-corrected chi connectivity index (χ0v) is 11.9. The molecule has 0 fully saturated rings. The van der Waals surface area contributed by atoms with Gasteiger partial charge in [0.15, 0.2) is 12.4 Å². The Morgan fingerprint density at radius 3 is 2.64 bits per heavy atom. The van der Waals surface area contributed by atoms with Crippen LogP contribution in [-0.2, 0) is 16.1 Å². The maximum atomic E-state index is 11.8. The van der Waals surface area contributed by atoms with Crippen LogP contribution in [0.5, 0.6) is 0 Å². The van der Waals surface area contributed by atoms with Crippen LogP contribution < -0.4 is 5.32 Å². The van der Waals surface area contributed by atoms with Crippen molar-refractivity contribution >= 4 is 12.0 Å². The zero-order valence-electron chi connectivity index (χ0n) is 11.9. The van der Waals surface area contributed by atoms with Crippen molar-refractivity contribution in [1.82, 2.24) is 20.4 Å². The molecule has 124 valence electrons. The first kappa shape index (κ1) is 17.7. The Bertz CT molecular complexity index is 518. The number of aryl methyl sites for hydroxylation is 1. The number of hydrogen-bond acceptors (Lipinski definition) is 6. The fraction of sp³-hybridized carbons (Fsp3) is 0.636. The number of nitrogens with zero attached hydrogens (tertiary/aromatic N) is 3. The Kier molecular flexibility index (Phi) is 6.13. The first-order chi connectivity index (χ1) is 10.2. The fourth-order valence-corrected chi connectivity index (χ4v) is 1.37. The minimum absolute atomic E-state index is 0.103. The molecule has 8 nitrogen and oxygen atoms in total. The van der Waals surface area contributed by atoms with E-state index in [1.165, 1.54) is 11.9 Å². The van der Waals surface area contributed by atoms with Gasteiger partial charge >= 0.3 is 12.3 Å². The highest BCUT2D eigenvalue weighted by Crippen LogP contribution is 2.14. The Morgan fingerprint density at radius 1 is 1.41 bits per heavy atom. The van der Waals surface area contributed by atoms with Crippen molar-refractivity contribution in [1.29, 1.82) is 0 Å². The number of nitrogens with one attached hydrogen (secondary N) is 1. The van der Waals surface area contributed by atoms with Crippen molar-refractivity contribution in [2.75, 3.05) is 20.2 Å². The molecule has 0 aliphatic rings. The van der Waals surface area contributed by atoms with Crippen LogP contribution in [0.15, 0.2) is 4.52 Å². The topological polar surface area (TPSA) is 97.6 Å². The molecule has 1 rings (SSSR count).